The number of nitrogens with one attached hydrogen (secondary N) is 1. The first kappa shape index (κ1) is 30.8. The fraction of sp³-hybridized carbons (Fsp3) is 0.308. The Bertz CT molecular complexity index is 1540. The number of hydrogen-bond donors (Lipinski definition) is 1. The van der Waals surface area contributed by atoms with E-state index in [1.54, 1.807) is 0 Å². The molecule has 1 saturated heterocycles. The van der Waals surface area contributed by atoms with Gasteiger partial charge in [-0.15, -0.1) is 5.06 Å². The number of aromatic nitrogens is 2. The number of alkyl halides is 3. The van der Waals surface area contributed by atoms with Crippen LogP contribution in [0.3, 0.4) is 0 Å². The van der Waals surface area contributed by atoms with Crippen LogP contribution in [0, 0.1) is 0 Å². The Morgan fingerprint density at radius 3 is 2.21 bits per heavy atom. The van der Waals surface area contributed by atoms with Crippen molar-refractivity contribution in [1.29, 1.82) is 0 Å². The maximum absolute atomic E-state index is 13.9. The number of anilines is 1. The number of imide groups is 1. The highest BCUT2D eigenvalue weighted by Gasteiger charge is 2.38. The molecule has 0 aliphatic carbocycles. The van der Waals surface area contributed by atoms with Crippen molar-refractivity contribution in [3.8, 4) is 0 Å². The Labute approximate surface area is 245 Å². The molecule has 1 N–H and O–H groups in total. The van der Waals surface area contributed by atoms with Crippen LogP contribution in [-0.2, 0) is 41.5 Å². The quantitative estimate of drug-likeness (QED) is 0.246. The number of halogens is 5. The zero-order valence-electron chi connectivity index (χ0n) is 21.5. The fourth-order valence-corrected chi connectivity index (χ4v) is 4.66. The van der Waals surface area contributed by atoms with E-state index < -0.39 is 54.8 Å². The summed E-state index contributed by atoms with van der Waals surface area (Å²) in [6.07, 6.45) is -5.62. The number of imidazole rings is 1. The lowest BCUT2D eigenvalue weighted by molar-refractivity contribution is -0.197. The summed E-state index contributed by atoms with van der Waals surface area (Å²) in [6, 6.07) is 8.54. The smallest absolute Gasteiger partial charge is 0.449 e. The van der Waals surface area contributed by atoms with Gasteiger partial charge in [0.15, 0.2) is 0 Å². The summed E-state index contributed by atoms with van der Waals surface area (Å²) < 4.78 is 47.5. The number of esters is 1. The second kappa shape index (κ2) is 12.8. The summed E-state index contributed by atoms with van der Waals surface area (Å²) in [6.45, 7) is -0.882. The van der Waals surface area contributed by atoms with E-state index in [9.17, 15) is 37.1 Å². The van der Waals surface area contributed by atoms with Gasteiger partial charge in [-0.3, -0.25) is 19.2 Å². The highest BCUT2D eigenvalue weighted by atomic mass is 35.5. The van der Waals surface area contributed by atoms with Crippen molar-refractivity contribution in [2.24, 2.45) is 0 Å². The monoisotopic (exact) mass is 628 g/mol. The third-order valence-electron chi connectivity index (χ3n) is 6.01. The maximum Gasteiger partial charge on any atom is 0.449 e. The first-order valence-electron chi connectivity index (χ1n) is 12.4. The fourth-order valence-electron chi connectivity index (χ4n) is 4.10. The first-order valence-corrected chi connectivity index (χ1v) is 13.2. The van der Waals surface area contributed by atoms with E-state index in [1.807, 2.05) is 0 Å². The summed E-state index contributed by atoms with van der Waals surface area (Å²) >= 11 is 12.1. The predicted molar refractivity (Wildman–Crippen MR) is 141 cm³/mol. The van der Waals surface area contributed by atoms with Gasteiger partial charge in [-0.25, -0.2) is 9.78 Å². The zero-order valence-corrected chi connectivity index (χ0v) is 23.0. The molecule has 42 heavy (non-hydrogen) atoms. The van der Waals surface area contributed by atoms with E-state index in [4.69, 9.17) is 32.8 Å². The van der Waals surface area contributed by atoms with Gasteiger partial charge in [-0.05, 0) is 30.7 Å². The molecule has 1 aliphatic heterocycles. The van der Waals surface area contributed by atoms with Crippen molar-refractivity contribution in [2.75, 3.05) is 11.9 Å². The van der Waals surface area contributed by atoms with Gasteiger partial charge in [0.1, 0.15) is 12.1 Å². The molecule has 0 radical (unpaired) electrons. The number of para-hydroxylation sites is 1. The van der Waals surface area contributed by atoms with Crippen LogP contribution in [-0.4, -0.2) is 50.9 Å². The largest absolute Gasteiger partial charge is 0.464 e. The molecule has 0 bridgehead atoms. The molecule has 3 aromatic rings. The van der Waals surface area contributed by atoms with Crippen molar-refractivity contribution in [3.05, 3.63) is 57.8 Å². The molecule has 1 fully saturated rings. The number of hydroxylamine groups is 2. The topological polar surface area (TPSA) is 137 Å². The van der Waals surface area contributed by atoms with Crippen LogP contribution < -0.4 is 5.32 Å². The summed E-state index contributed by atoms with van der Waals surface area (Å²) in [5.41, 5.74) is -0.248. The molecule has 0 atom stereocenters. The lowest BCUT2D eigenvalue weighted by Crippen LogP contribution is -2.32. The second-order valence-electron chi connectivity index (χ2n) is 8.93. The minimum Gasteiger partial charge on any atom is -0.464 e. The zero-order chi connectivity index (χ0) is 30.6. The molecule has 11 nitrogen and oxygen atoms in total. The Hall–Kier alpha value is -4.17. The van der Waals surface area contributed by atoms with Crippen LogP contribution in [0.2, 0.25) is 10.0 Å². The molecule has 1 aromatic heterocycles. The average Bonchev–Trinajstić information content (AvgIpc) is 3.44. The van der Waals surface area contributed by atoms with E-state index in [0.29, 0.717) is 5.06 Å². The summed E-state index contributed by atoms with van der Waals surface area (Å²) in [4.78, 5) is 68.1. The second-order valence-corrected chi connectivity index (χ2v) is 9.74. The number of rotatable bonds is 10. The summed E-state index contributed by atoms with van der Waals surface area (Å²) in [7, 11) is 0. The molecular weight excluding hydrogens is 608 g/mol. The SMILES string of the molecule is O=C(CCCC(=O)ON1C(=O)CCC1=O)OCCn1c(C(F)(F)F)nc2c(NC(=O)c3c(Cl)cccc3Cl)cccc21. The van der Waals surface area contributed by atoms with E-state index in [1.165, 1.54) is 36.4 Å². The van der Waals surface area contributed by atoms with Crippen molar-refractivity contribution >= 4 is 69.6 Å². The molecule has 16 heteroatoms. The molecule has 4 rings (SSSR count). The first-order chi connectivity index (χ1) is 19.9. The number of carbonyl (C=O) groups excluding carboxylic acids is 5. The molecule has 0 saturated carbocycles. The van der Waals surface area contributed by atoms with Crippen molar-refractivity contribution < 1.29 is 46.7 Å². The van der Waals surface area contributed by atoms with Crippen LogP contribution in [0.15, 0.2) is 36.4 Å². The highest BCUT2D eigenvalue weighted by Crippen LogP contribution is 2.34. The van der Waals surface area contributed by atoms with Crippen molar-refractivity contribution in [2.45, 2.75) is 44.8 Å². The normalized spacial score (nSPS) is 13.5. The standard InChI is InChI=1S/C26H21Cl2F3N4O7/c27-14-4-1-5-15(28)22(14)24(40)32-16-6-2-7-17-23(16)33-25(26(29,30)31)34(17)12-13-41-20(38)8-3-9-21(39)42-35-18(36)10-11-19(35)37/h1-2,4-7H,3,8-13H2,(H,32,40). The Morgan fingerprint density at radius 2 is 1.57 bits per heavy atom. The summed E-state index contributed by atoms with van der Waals surface area (Å²) in [5, 5.41) is 2.97. The van der Waals surface area contributed by atoms with Gasteiger partial charge in [-0.1, -0.05) is 35.3 Å². The number of benzene rings is 2. The molecule has 222 valence electrons. The van der Waals surface area contributed by atoms with Crippen LogP contribution in [0.5, 0.6) is 0 Å². The van der Waals surface area contributed by atoms with Crippen LogP contribution in [0.1, 0.15) is 48.3 Å². The average molecular weight is 629 g/mol. The molecular formula is C26H21Cl2F3N4O7. The maximum atomic E-state index is 13.9. The minimum atomic E-state index is -4.88. The van der Waals surface area contributed by atoms with Crippen LogP contribution in [0.4, 0.5) is 18.9 Å². The van der Waals surface area contributed by atoms with E-state index in [-0.39, 0.29) is 64.4 Å². The Kier molecular flexibility index (Phi) is 9.36. The number of amides is 3. The van der Waals surface area contributed by atoms with E-state index >= 15 is 0 Å². The number of nitrogens with zero attached hydrogens (tertiary/aromatic N) is 3. The molecule has 0 spiro atoms. The lowest BCUT2D eigenvalue weighted by Gasteiger charge is -2.13. The Balaban J connectivity index is 1.39. The number of carbonyl (C=O) groups is 5. The predicted octanol–water partition coefficient (Wildman–Crippen LogP) is 4.93. The van der Waals surface area contributed by atoms with Gasteiger partial charge in [0, 0.05) is 25.7 Å². The third-order valence-corrected chi connectivity index (χ3v) is 6.64. The van der Waals surface area contributed by atoms with Gasteiger partial charge < -0.3 is 19.5 Å². The van der Waals surface area contributed by atoms with Gasteiger partial charge >= 0.3 is 18.1 Å². The van der Waals surface area contributed by atoms with Crippen LogP contribution >= 0.6 is 23.2 Å². The Morgan fingerprint density at radius 1 is 0.952 bits per heavy atom. The van der Waals surface area contributed by atoms with E-state index in [2.05, 4.69) is 10.3 Å². The molecule has 1 aliphatic rings. The van der Waals surface area contributed by atoms with Crippen LogP contribution in [0.25, 0.3) is 11.0 Å². The van der Waals surface area contributed by atoms with Crippen molar-refractivity contribution in [1.82, 2.24) is 14.6 Å². The van der Waals surface area contributed by atoms with Gasteiger partial charge in [-0.2, -0.15) is 13.2 Å². The van der Waals surface area contributed by atoms with E-state index in [0.717, 1.165) is 4.57 Å². The van der Waals surface area contributed by atoms with Crippen molar-refractivity contribution in [3.63, 3.8) is 0 Å². The van der Waals surface area contributed by atoms with Gasteiger partial charge in [0.25, 0.3) is 17.7 Å². The molecule has 0 unspecified atom stereocenters. The lowest BCUT2D eigenvalue weighted by atomic mass is 10.2. The number of fused-ring (bicyclic) bond motifs is 1. The number of ether oxygens (including phenoxy) is 1. The van der Waals surface area contributed by atoms with Gasteiger partial charge in [0.05, 0.1) is 33.4 Å². The number of hydrogen-bond acceptors (Lipinski definition) is 8. The molecule has 2 heterocycles. The van der Waals surface area contributed by atoms with Gasteiger partial charge in [0.2, 0.25) is 5.82 Å². The highest BCUT2D eigenvalue weighted by molar-refractivity contribution is 6.40. The molecule has 3 amide bonds. The minimum absolute atomic E-state index is 0.00943. The summed E-state index contributed by atoms with van der Waals surface area (Å²) in [5.74, 6) is -5.00. The third kappa shape index (κ3) is 6.99. The molecule has 2 aromatic carbocycles.